The van der Waals surface area contributed by atoms with Gasteiger partial charge < -0.3 is 5.32 Å². The van der Waals surface area contributed by atoms with E-state index in [1.54, 1.807) is 0 Å². The van der Waals surface area contributed by atoms with Crippen molar-refractivity contribution in [2.24, 2.45) is 4.99 Å². The fourth-order valence-electron chi connectivity index (χ4n) is 0.788. The Morgan fingerprint density at radius 2 is 2.44 bits per heavy atom. The zero-order chi connectivity index (χ0) is 6.69. The van der Waals surface area contributed by atoms with Gasteiger partial charge in [0.2, 0.25) is 0 Å². The summed E-state index contributed by atoms with van der Waals surface area (Å²) in [5.41, 5.74) is 2.03. The summed E-state index contributed by atoms with van der Waals surface area (Å²) in [6.45, 7) is 7.76. The van der Waals surface area contributed by atoms with Crippen molar-refractivity contribution in [1.82, 2.24) is 5.32 Å². The Balaban J connectivity index is 2.61. The number of rotatable bonds is 0. The van der Waals surface area contributed by atoms with Crippen LogP contribution in [0.15, 0.2) is 17.3 Å². The molecule has 0 saturated heterocycles. The summed E-state index contributed by atoms with van der Waals surface area (Å²) in [6.07, 6.45) is 1.12. The van der Waals surface area contributed by atoms with E-state index in [1.807, 2.05) is 6.92 Å². The van der Waals surface area contributed by atoms with Gasteiger partial charge in [0.05, 0.1) is 5.71 Å². The van der Waals surface area contributed by atoms with Crippen LogP contribution < -0.4 is 5.32 Å². The van der Waals surface area contributed by atoms with Gasteiger partial charge in [-0.15, -0.1) is 0 Å². The maximum atomic E-state index is 4.26. The van der Waals surface area contributed by atoms with Crippen LogP contribution in [0, 0.1) is 0 Å². The van der Waals surface area contributed by atoms with Gasteiger partial charge >= 0.3 is 0 Å². The first-order chi connectivity index (χ1) is 4.30. The lowest BCUT2D eigenvalue weighted by atomic mass is 10.3. The third-order valence-electron chi connectivity index (χ3n) is 1.46. The van der Waals surface area contributed by atoms with Crippen molar-refractivity contribution in [2.45, 2.75) is 13.3 Å². The highest BCUT2D eigenvalue weighted by molar-refractivity contribution is 5.97. The molecule has 0 radical (unpaired) electrons. The topological polar surface area (TPSA) is 24.4 Å². The molecule has 1 aliphatic rings. The number of hydrogen-bond donors (Lipinski definition) is 1. The van der Waals surface area contributed by atoms with Gasteiger partial charge in [0.1, 0.15) is 0 Å². The minimum Gasteiger partial charge on any atom is -0.384 e. The minimum absolute atomic E-state index is 0.942. The molecule has 2 nitrogen and oxygen atoms in total. The van der Waals surface area contributed by atoms with Crippen LogP contribution in [0.4, 0.5) is 0 Å². The third-order valence-corrected chi connectivity index (χ3v) is 1.46. The van der Waals surface area contributed by atoms with E-state index in [2.05, 4.69) is 16.9 Å². The van der Waals surface area contributed by atoms with Crippen molar-refractivity contribution in [3.8, 4) is 0 Å². The molecule has 0 aromatic rings. The summed E-state index contributed by atoms with van der Waals surface area (Å²) in [7, 11) is 0. The zero-order valence-corrected chi connectivity index (χ0v) is 5.78. The average Bonchev–Trinajstić information content (AvgIpc) is 1.99. The van der Waals surface area contributed by atoms with Crippen LogP contribution in [0.25, 0.3) is 0 Å². The van der Waals surface area contributed by atoms with Crippen LogP contribution in [0.3, 0.4) is 0 Å². The first-order valence-electron chi connectivity index (χ1n) is 3.25. The minimum atomic E-state index is 0.942. The molecule has 0 saturated carbocycles. The molecule has 50 valence electrons. The summed E-state index contributed by atoms with van der Waals surface area (Å²) in [5, 5.41) is 3.17. The average molecular weight is 124 g/mol. The van der Waals surface area contributed by atoms with Crippen LogP contribution in [-0.2, 0) is 0 Å². The highest BCUT2D eigenvalue weighted by atomic mass is 14.9. The maximum absolute atomic E-state index is 4.26. The van der Waals surface area contributed by atoms with Crippen LogP contribution >= 0.6 is 0 Å². The van der Waals surface area contributed by atoms with E-state index < -0.39 is 0 Å². The Morgan fingerprint density at radius 1 is 1.67 bits per heavy atom. The van der Waals surface area contributed by atoms with Gasteiger partial charge in [0.25, 0.3) is 0 Å². The quantitative estimate of drug-likeness (QED) is 0.511. The smallest absolute Gasteiger partial charge is 0.0542 e. The van der Waals surface area contributed by atoms with Gasteiger partial charge in [-0.05, 0) is 13.3 Å². The first kappa shape index (κ1) is 6.33. The first-order valence-corrected chi connectivity index (χ1v) is 3.25. The van der Waals surface area contributed by atoms with E-state index in [1.165, 1.54) is 0 Å². The lowest BCUT2D eigenvalue weighted by Crippen LogP contribution is -2.16. The summed E-state index contributed by atoms with van der Waals surface area (Å²) in [6, 6.07) is 0. The molecule has 0 amide bonds. The summed E-state index contributed by atoms with van der Waals surface area (Å²) >= 11 is 0. The molecule has 1 N–H and O–H groups in total. The second-order valence-electron chi connectivity index (χ2n) is 2.23. The lowest BCUT2D eigenvalue weighted by molar-refractivity contribution is 0.771. The highest BCUT2D eigenvalue weighted by Crippen LogP contribution is 1.96. The van der Waals surface area contributed by atoms with E-state index in [9.17, 15) is 0 Å². The Morgan fingerprint density at radius 3 is 3.22 bits per heavy atom. The lowest BCUT2D eigenvalue weighted by Gasteiger charge is -2.01. The molecule has 1 aliphatic heterocycles. The van der Waals surface area contributed by atoms with Crippen LogP contribution in [-0.4, -0.2) is 18.8 Å². The monoisotopic (exact) mass is 124 g/mol. The molecule has 0 fully saturated rings. The number of aliphatic imine (C=N–C) groups is 1. The number of hydrogen-bond acceptors (Lipinski definition) is 2. The molecule has 9 heavy (non-hydrogen) atoms. The van der Waals surface area contributed by atoms with E-state index in [4.69, 9.17) is 0 Å². The molecular weight excluding hydrogens is 112 g/mol. The molecule has 0 aromatic heterocycles. The largest absolute Gasteiger partial charge is 0.384 e. The van der Waals surface area contributed by atoms with Gasteiger partial charge in [-0.2, -0.15) is 0 Å². The van der Waals surface area contributed by atoms with E-state index in [0.717, 1.165) is 30.9 Å². The van der Waals surface area contributed by atoms with E-state index >= 15 is 0 Å². The number of nitrogens with one attached hydrogen (secondary N) is 1. The fraction of sp³-hybridized carbons (Fsp3) is 0.571. The molecule has 0 aliphatic carbocycles. The maximum Gasteiger partial charge on any atom is 0.0542 e. The number of nitrogens with zero attached hydrogens (tertiary/aromatic N) is 1. The molecule has 0 atom stereocenters. The molecule has 1 rings (SSSR count). The van der Waals surface area contributed by atoms with Crippen molar-refractivity contribution < 1.29 is 0 Å². The predicted molar refractivity (Wildman–Crippen MR) is 39.7 cm³/mol. The van der Waals surface area contributed by atoms with Crippen molar-refractivity contribution in [2.75, 3.05) is 13.1 Å². The molecule has 0 unspecified atom stereocenters. The van der Waals surface area contributed by atoms with Gasteiger partial charge in [-0.25, -0.2) is 0 Å². The van der Waals surface area contributed by atoms with Crippen LogP contribution in [0.5, 0.6) is 0 Å². The Hall–Kier alpha value is -0.790. The number of allylic oxidation sites excluding steroid dienone is 1. The molecule has 0 aromatic carbocycles. The third kappa shape index (κ3) is 1.56. The summed E-state index contributed by atoms with van der Waals surface area (Å²) in [4.78, 5) is 4.26. The second kappa shape index (κ2) is 2.67. The molecule has 1 heterocycles. The van der Waals surface area contributed by atoms with E-state index in [0.29, 0.717) is 0 Å². The highest BCUT2D eigenvalue weighted by Gasteiger charge is 2.00. The van der Waals surface area contributed by atoms with Crippen LogP contribution in [0.2, 0.25) is 0 Å². The molecular formula is C7H12N2. The standard InChI is InChI=1S/C7H12N2/c1-6-7(2)9-5-3-4-8-6/h8H,1,3-5H2,2H3. The molecule has 0 bridgehead atoms. The van der Waals surface area contributed by atoms with Crippen molar-refractivity contribution in [3.63, 3.8) is 0 Å². The van der Waals surface area contributed by atoms with Crippen LogP contribution in [0.1, 0.15) is 13.3 Å². The summed E-state index contributed by atoms with van der Waals surface area (Å²) < 4.78 is 0. The van der Waals surface area contributed by atoms with E-state index in [-0.39, 0.29) is 0 Å². The Labute approximate surface area is 55.7 Å². The summed E-state index contributed by atoms with van der Waals surface area (Å²) in [5.74, 6) is 0. The molecule has 2 heteroatoms. The molecule has 0 spiro atoms. The van der Waals surface area contributed by atoms with Gasteiger partial charge in [-0.1, -0.05) is 6.58 Å². The normalized spacial score (nSPS) is 20.1. The SMILES string of the molecule is C=C1NCCCN=C1C. The Bertz CT molecular complexity index is 147. The Kier molecular flexibility index (Phi) is 1.88. The zero-order valence-electron chi connectivity index (χ0n) is 5.78. The van der Waals surface area contributed by atoms with Crippen molar-refractivity contribution >= 4 is 5.71 Å². The second-order valence-corrected chi connectivity index (χ2v) is 2.23. The van der Waals surface area contributed by atoms with Crippen molar-refractivity contribution in [3.05, 3.63) is 12.3 Å². The van der Waals surface area contributed by atoms with Gasteiger partial charge in [-0.3, -0.25) is 4.99 Å². The predicted octanol–water partition coefficient (Wildman–Crippen LogP) is 0.954. The van der Waals surface area contributed by atoms with Gasteiger partial charge in [0, 0.05) is 18.8 Å². The fourth-order valence-corrected chi connectivity index (χ4v) is 0.788. The van der Waals surface area contributed by atoms with Crippen molar-refractivity contribution in [1.29, 1.82) is 0 Å². The van der Waals surface area contributed by atoms with Gasteiger partial charge in [0.15, 0.2) is 0 Å².